The van der Waals surface area contributed by atoms with Crippen molar-refractivity contribution in [1.82, 2.24) is 10.3 Å². The van der Waals surface area contributed by atoms with E-state index >= 15 is 0 Å². The van der Waals surface area contributed by atoms with Crippen LogP contribution in [-0.4, -0.2) is 10.9 Å². The lowest BCUT2D eigenvalue weighted by Crippen LogP contribution is -2.21. The van der Waals surface area contributed by atoms with Gasteiger partial charge < -0.3 is 10.1 Å². The SMILES string of the molecule is CCC(=O)NCc1ccnc(OCc2ccccc2)c1. The monoisotopic (exact) mass is 270 g/mol. The molecular formula is C16H18N2O2. The zero-order valence-corrected chi connectivity index (χ0v) is 11.5. The quantitative estimate of drug-likeness (QED) is 0.878. The minimum atomic E-state index is 0.0357. The highest BCUT2D eigenvalue weighted by molar-refractivity contribution is 5.75. The molecular weight excluding hydrogens is 252 g/mol. The summed E-state index contributed by atoms with van der Waals surface area (Å²) in [5, 5.41) is 2.83. The number of carbonyl (C=O) groups is 1. The average molecular weight is 270 g/mol. The number of benzene rings is 1. The molecule has 1 heterocycles. The van der Waals surface area contributed by atoms with E-state index in [2.05, 4.69) is 10.3 Å². The van der Waals surface area contributed by atoms with E-state index in [1.807, 2.05) is 49.4 Å². The molecule has 0 saturated heterocycles. The van der Waals surface area contributed by atoms with Gasteiger partial charge in [0.05, 0.1) is 0 Å². The molecule has 1 aromatic carbocycles. The number of carbonyl (C=O) groups excluding carboxylic acids is 1. The normalized spacial score (nSPS) is 10.1. The van der Waals surface area contributed by atoms with Gasteiger partial charge in [-0.1, -0.05) is 37.3 Å². The summed E-state index contributed by atoms with van der Waals surface area (Å²) in [5.41, 5.74) is 2.07. The van der Waals surface area contributed by atoms with Gasteiger partial charge in [0.25, 0.3) is 0 Å². The molecule has 0 aliphatic carbocycles. The fraction of sp³-hybridized carbons (Fsp3) is 0.250. The lowest BCUT2D eigenvalue weighted by molar-refractivity contribution is -0.120. The van der Waals surface area contributed by atoms with Crippen molar-refractivity contribution in [2.45, 2.75) is 26.5 Å². The molecule has 4 nitrogen and oxygen atoms in total. The highest BCUT2D eigenvalue weighted by Crippen LogP contribution is 2.11. The first-order valence-corrected chi connectivity index (χ1v) is 6.66. The van der Waals surface area contributed by atoms with E-state index < -0.39 is 0 Å². The average Bonchev–Trinajstić information content (AvgIpc) is 2.52. The van der Waals surface area contributed by atoms with Crippen LogP contribution in [0.15, 0.2) is 48.7 Å². The fourth-order valence-electron chi connectivity index (χ4n) is 1.70. The van der Waals surface area contributed by atoms with E-state index in [9.17, 15) is 4.79 Å². The van der Waals surface area contributed by atoms with Gasteiger partial charge in [-0.3, -0.25) is 4.79 Å². The van der Waals surface area contributed by atoms with Crippen LogP contribution in [0.1, 0.15) is 24.5 Å². The van der Waals surface area contributed by atoms with Crippen molar-refractivity contribution in [3.63, 3.8) is 0 Å². The highest BCUT2D eigenvalue weighted by Gasteiger charge is 2.01. The Morgan fingerprint density at radius 1 is 1.20 bits per heavy atom. The molecule has 1 amide bonds. The van der Waals surface area contributed by atoms with Gasteiger partial charge in [-0.2, -0.15) is 0 Å². The van der Waals surface area contributed by atoms with Crippen LogP contribution in [-0.2, 0) is 17.9 Å². The zero-order chi connectivity index (χ0) is 14.2. The number of hydrogen-bond acceptors (Lipinski definition) is 3. The van der Waals surface area contributed by atoms with E-state index in [0.717, 1.165) is 11.1 Å². The summed E-state index contributed by atoms with van der Waals surface area (Å²) in [6, 6.07) is 13.6. The van der Waals surface area contributed by atoms with Gasteiger partial charge in [0.15, 0.2) is 0 Å². The number of nitrogens with one attached hydrogen (secondary N) is 1. The first-order chi connectivity index (χ1) is 9.78. The molecule has 0 spiro atoms. The number of ether oxygens (including phenoxy) is 1. The van der Waals surface area contributed by atoms with Crippen molar-refractivity contribution >= 4 is 5.91 Å². The van der Waals surface area contributed by atoms with Gasteiger partial charge in [0.1, 0.15) is 6.61 Å². The van der Waals surface area contributed by atoms with E-state index in [-0.39, 0.29) is 5.91 Å². The van der Waals surface area contributed by atoms with Crippen LogP contribution < -0.4 is 10.1 Å². The summed E-state index contributed by atoms with van der Waals surface area (Å²) in [5.74, 6) is 0.602. The van der Waals surface area contributed by atoms with Gasteiger partial charge in [0.2, 0.25) is 11.8 Å². The van der Waals surface area contributed by atoms with Crippen molar-refractivity contribution in [2.75, 3.05) is 0 Å². The lowest BCUT2D eigenvalue weighted by atomic mass is 10.2. The fourth-order valence-corrected chi connectivity index (χ4v) is 1.70. The minimum absolute atomic E-state index is 0.0357. The molecule has 0 saturated carbocycles. The molecule has 1 N–H and O–H groups in total. The topological polar surface area (TPSA) is 51.2 Å². The van der Waals surface area contributed by atoms with Crippen LogP contribution >= 0.6 is 0 Å². The Balaban J connectivity index is 1.90. The van der Waals surface area contributed by atoms with Crippen molar-refractivity contribution < 1.29 is 9.53 Å². The number of amides is 1. The Kier molecular flexibility index (Phi) is 5.12. The van der Waals surface area contributed by atoms with Gasteiger partial charge in [-0.05, 0) is 17.2 Å². The molecule has 0 radical (unpaired) electrons. The second kappa shape index (κ2) is 7.28. The summed E-state index contributed by atoms with van der Waals surface area (Å²) in [6.45, 7) is 2.81. The Morgan fingerprint density at radius 2 is 2.00 bits per heavy atom. The number of nitrogens with zero attached hydrogens (tertiary/aromatic N) is 1. The van der Waals surface area contributed by atoms with Gasteiger partial charge >= 0.3 is 0 Å². The Morgan fingerprint density at radius 3 is 2.75 bits per heavy atom. The molecule has 0 aliphatic heterocycles. The maximum atomic E-state index is 11.2. The van der Waals surface area contributed by atoms with Crippen molar-refractivity contribution in [2.24, 2.45) is 0 Å². The minimum Gasteiger partial charge on any atom is -0.473 e. The molecule has 2 rings (SSSR count). The summed E-state index contributed by atoms with van der Waals surface area (Å²) >= 11 is 0. The molecule has 0 fully saturated rings. The molecule has 2 aromatic rings. The highest BCUT2D eigenvalue weighted by atomic mass is 16.5. The number of aromatic nitrogens is 1. The van der Waals surface area contributed by atoms with Crippen LogP contribution in [0.5, 0.6) is 5.88 Å². The Labute approximate surface area is 118 Å². The van der Waals surface area contributed by atoms with Gasteiger partial charge in [-0.15, -0.1) is 0 Å². The maximum Gasteiger partial charge on any atom is 0.219 e. The first kappa shape index (κ1) is 14.1. The third-order valence-electron chi connectivity index (χ3n) is 2.84. The van der Waals surface area contributed by atoms with Gasteiger partial charge in [0, 0.05) is 25.2 Å². The number of rotatable bonds is 6. The molecule has 4 heteroatoms. The number of pyridine rings is 1. The van der Waals surface area contributed by atoms with Crippen LogP contribution in [0.4, 0.5) is 0 Å². The summed E-state index contributed by atoms with van der Waals surface area (Å²) in [6.07, 6.45) is 2.18. The standard InChI is InChI=1S/C16H18N2O2/c1-2-15(19)18-11-14-8-9-17-16(10-14)20-12-13-6-4-3-5-7-13/h3-10H,2,11-12H2,1H3,(H,18,19). The predicted molar refractivity (Wildman–Crippen MR) is 77.1 cm³/mol. The molecule has 20 heavy (non-hydrogen) atoms. The van der Waals surface area contributed by atoms with Crippen LogP contribution in [0, 0.1) is 0 Å². The second-order valence-electron chi connectivity index (χ2n) is 4.41. The smallest absolute Gasteiger partial charge is 0.219 e. The Bertz CT molecular complexity index is 555. The van der Waals surface area contributed by atoms with Crippen LogP contribution in [0.25, 0.3) is 0 Å². The lowest BCUT2D eigenvalue weighted by Gasteiger charge is -2.08. The van der Waals surface area contributed by atoms with E-state index in [0.29, 0.717) is 25.5 Å². The predicted octanol–water partition coefficient (Wildman–Crippen LogP) is 2.69. The molecule has 104 valence electrons. The largest absolute Gasteiger partial charge is 0.473 e. The first-order valence-electron chi connectivity index (χ1n) is 6.66. The molecule has 0 unspecified atom stereocenters. The summed E-state index contributed by atoms with van der Waals surface area (Å²) in [7, 11) is 0. The van der Waals surface area contributed by atoms with E-state index in [1.54, 1.807) is 6.20 Å². The van der Waals surface area contributed by atoms with Crippen LogP contribution in [0.3, 0.4) is 0 Å². The third-order valence-corrected chi connectivity index (χ3v) is 2.84. The third kappa shape index (κ3) is 4.39. The number of hydrogen-bond donors (Lipinski definition) is 1. The molecule has 0 atom stereocenters. The second-order valence-corrected chi connectivity index (χ2v) is 4.41. The van der Waals surface area contributed by atoms with Crippen molar-refractivity contribution in [3.8, 4) is 5.88 Å². The van der Waals surface area contributed by atoms with Crippen molar-refractivity contribution in [1.29, 1.82) is 0 Å². The van der Waals surface area contributed by atoms with E-state index in [4.69, 9.17) is 4.74 Å². The molecule has 0 bridgehead atoms. The zero-order valence-electron chi connectivity index (χ0n) is 11.5. The van der Waals surface area contributed by atoms with Crippen LogP contribution in [0.2, 0.25) is 0 Å². The van der Waals surface area contributed by atoms with E-state index in [1.165, 1.54) is 0 Å². The van der Waals surface area contributed by atoms with Crippen molar-refractivity contribution in [3.05, 3.63) is 59.8 Å². The molecule has 1 aromatic heterocycles. The molecule has 0 aliphatic rings. The summed E-state index contributed by atoms with van der Waals surface area (Å²) in [4.78, 5) is 15.4. The Hall–Kier alpha value is -2.36. The maximum absolute atomic E-state index is 11.2. The summed E-state index contributed by atoms with van der Waals surface area (Å²) < 4.78 is 5.64. The van der Waals surface area contributed by atoms with Gasteiger partial charge in [-0.25, -0.2) is 4.98 Å².